The van der Waals surface area contributed by atoms with E-state index in [4.69, 9.17) is 34.8 Å². The molecule has 0 amide bonds. The first-order chi connectivity index (χ1) is 10.1. The summed E-state index contributed by atoms with van der Waals surface area (Å²) in [5, 5.41) is 1.93. The molecule has 0 bridgehead atoms. The van der Waals surface area contributed by atoms with Gasteiger partial charge in [0.1, 0.15) is 5.82 Å². The molecule has 1 aromatic heterocycles. The number of rotatable bonds is 3. The van der Waals surface area contributed by atoms with E-state index in [-0.39, 0.29) is 0 Å². The predicted octanol–water partition coefficient (Wildman–Crippen LogP) is 5.63. The molecule has 1 heterocycles. The lowest BCUT2D eigenvalue weighted by Gasteiger charge is -2.04. The molecule has 21 heavy (non-hydrogen) atoms. The molecule has 0 fully saturated rings. The smallest absolute Gasteiger partial charge is 0.110 e. The summed E-state index contributed by atoms with van der Waals surface area (Å²) in [6.45, 7) is 0. The molecule has 0 radical (unpaired) electrons. The zero-order valence-electron chi connectivity index (χ0n) is 10.9. The molecule has 2 aromatic carbocycles. The van der Waals surface area contributed by atoms with Crippen molar-refractivity contribution in [2.45, 2.75) is 6.42 Å². The van der Waals surface area contributed by atoms with Gasteiger partial charge in [0.25, 0.3) is 0 Å². The number of aromatic amines is 1. The van der Waals surface area contributed by atoms with Gasteiger partial charge in [0, 0.05) is 17.0 Å². The summed E-state index contributed by atoms with van der Waals surface area (Å²) >= 11 is 18.3. The number of halogens is 3. The number of nitrogens with zero attached hydrogens (tertiary/aromatic N) is 1. The second kappa shape index (κ2) is 6.10. The second-order valence-corrected chi connectivity index (χ2v) is 5.89. The minimum absolute atomic E-state index is 0.601. The number of hydrogen-bond acceptors (Lipinski definition) is 1. The van der Waals surface area contributed by atoms with Crippen LogP contribution in [0, 0.1) is 0 Å². The van der Waals surface area contributed by atoms with E-state index < -0.39 is 0 Å². The van der Waals surface area contributed by atoms with Crippen molar-refractivity contribution in [3.05, 3.63) is 75.1 Å². The Bertz CT molecular complexity index is 743. The van der Waals surface area contributed by atoms with Crippen LogP contribution in [-0.2, 0) is 6.42 Å². The highest BCUT2D eigenvalue weighted by atomic mass is 35.5. The summed E-state index contributed by atoms with van der Waals surface area (Å²) in [6, 6.07) is 13.1. The molecular weight excluding hydrogens is 327 g/mol. The number of imidazole rings is 1. The van der Waals surface area contributed by atoms with Crippen molar-refractivity contribution < 1.29 is 0 Å². The van der Waals surface area contributed by atoms with Crippen LogP contribution < -0.4 is 0 Å². The van der Waals surface area contributed by atoms with Gasteiger partial charge in [-0.2, -0.15) is 0 Å². The van der Waals surface area contributed by atoms with E-state index in [1.165, 1.54) is 0 Å². The van der Waals surface area contributed by atoms with Crippen molar-refractivity contribution >= 4 is 34.8 Å². The molecule has 106 valence electrons. The van der Waals surface area contributed by atoms with Crippen molar-refractivity contribution in [2.24, 2.45) is 0 Å². The van der Waals surface area contributed by atoms with Gasteiger partial charge in [0.2, 0.25) is 0 Å². The topological polar surface area (TPSA) is 28.7 Å². The molecule has 3 rings (SSSR count). The molecule has 1 N–H and O–H groups in total. The SMILES string of the molecule is Clc1ccc(Cc2ncc(-c3c(Cl)cccc3Cl)[nH]2)cc1. The number of nitrogens with one attached hydrogen (secondary N) is 1. The fourth-order valence-corrected chi connectivity index (χ4v) is 2.86. The Balaban J connectivity index is 1.88. The van der Waals surface area contributed by atoms with Crippen molar-refractivity contribution in [3.8, 4) is 11.3 Å². The lowest BCUT2D eigenvalue weighted by atomic mass is 10.1. The van der Waals surface area contributed by atoms with Crippen LogP contribution in [0.2, 0.25) is 15.1 Å². The molecule has 0 aliphatic heterocycles. The zero-order valence-corrected chi connectivity index (χ0v) is 13.2. The van der Waals surface area contributed by atoms with Gasteiger partial charge < -0.3 is 4.98 Å². The van der Waals surface area contributed by atoms with Gasteiger partial charge in [-0.05, 0) is 29.8 Å². The van der Waals surface area contributed by atoms with Gasteiger partial charge in [0.15, 0.2) is 0 Å². The molecule has 0 unspecified atom stereocenters. The Labute approximate surface area is 137 Å². The number of benzene rings is 2. The second-order valence-electron chi connectivity index (χ2n) is 4.64. The lowest BCUT2D eigenvalue weighted by Crippen LogP contribution is -1.90. The lowest BCUT2D eigenvalue weighted by molar-refractivity contribution is 1.03. The van der Waals surface area contributed by atoms with E-state index in [2.05, 4.69) is 9.97 Å². The molecule has 0 aliphatic carbocycles. The highest BCUT2D eigenvalue weighted by Gasteiger charge is 2.11. The first-order valence-electron chi connectivity index (χ1n) is 6.36. The van der Waals surface area contributed by atoms with Crippen LogP contribution in [0.25, 0.3) is 11.3 Å². The van der Waals surface area contributed by atoms with Crippen LogP contribution in [0.3, 0.4) is 0 Å². The van der Waals surface area contributed by atoms with E-state index in [1.54, 1.807) is 6.20 Å². The summed E-state index contributed by atoms with van der Waals surface area (Å²) < 4.78 is 0. The van der Waals surface area contributed by atoms with E-state index in [1.807, 2.05) is 42.5 Å². The maximum absolute atomic E-state index is 6.20. The van der Waals surface area contributed by atoms with Crippen LogP contribution >= 0.6 is 34.8 Å². The van der Waals surface area contributed by atoms with Gasteiger partial charge >= 0.3 is 0 Å². The standard InChI is InChI=1S/C16H11Cl3N2/c17-11-6-4-10(5-7-11)8-15-20-9-14(21-15)16-12(18)2-1-3-13(16)19/h1-7,9H,8H2,(H,20,21). The average Bonchev–Trinajstić information content (AvgIpc) is 2.89. The third kappa shape index (κ3) is 3.24. The highest BCUT2D eigenvalue weighted by molar-refractivity contribution is 6.39. The van der Waals surface area contributed by atoms with Crippen LogP contribution in [0.15, 0.2) is 48.7 Å². The molecule has 2 nitrogen and oxygen atoms in total. The quantitative estimate of drug-likeness (QED) is 0.659. The largest absolute Gasteiger partial charge is 0.342 e. The van der Waals surface area contributed by atoms with Crippen LogP contribution in [0.4, 0.5) is 0 Å². The zero-order chi connectivity index (χ0) is 14.8. The first-order valence-corrected chi connectivity index (χ1v) is 7.49. The monoisotopic (exact) mass is 336 g/mol. The third-order valence-electron chi connectivity index (χ3n) is 3.15. The molecule has 3 aromatic rings. The molecule has 0 saturated heterocycles. The summed E-state index contributed by atoms with van der Waals surface area (Å²) in [6.07, 6.45) is 2.44. The number of hydrogen-bond donors (Lipinski definition) is 1. The maximum Gasteiger partial charge on any atom is 0.110 e. The van der Waals surface area contributed by atoms with E-state index in [0.717, 1.165) is 27.7 Å². The number of aromatic nitrogens is 2. The van der Waals surface area contributed by atoms with E-state index in [9.17, 15) is 0 Å². The Kier molecular flexibility index (Phi) is 4.20. The molecule has 0 saturated carbocycles. The minimum Gasteiger partial charge on any atom is -0.342 e. The molecular formula is C16H11Cl3N2. The fourth-order valence-electron chi connectivity index (χ4n) is 2.13. The van der Waals surface area contributed by atoms with Crippen LogP contribution in [-0.4, -0.2) is 9.97 Å². The Morgan fingerprint density at radius 1 is 0.905 bits per heavy atom. The Hall–Kier alpha value is -1.48. The first kappa shape index (κ1) is 14.5. The van der Waals surface area contributed by atoms with Crippen LogP contribution in [0.1, 0.15) is 11.4 Å². The fraction of sp³-hybridized carbons (Fsp3) is 0.0625. The third-order valence-corrected chi connectivity index (χ3v) is 4.03. The molecule has 5 heteroatoms. The summed E-state index contributed by atoms with van der Waals surface area (Å²) in [4.78, 5) is 7.65. The van der Waals surface area contributed by atoms with Crippen molar-refractivity contribution in [1.82, 2.24) is 9.97 Å². The van der Waals surface area contributed by atoms with Crippen LogP contribution in [0.5, 0.6) is 0 Å². The molecule has 0 atom stereocenters. The minimum atomic E-state index is 0.601. The van der Waals surface area contributed by atoms with Gasteiger partial charge in [-0.3, -0.25) is 0 Å². The van der Waals surface area contributed by atoms with Gasteiger partial charge in [0.05, 0.1) is 21.9 Å². The van der Waals surface area contributed by atoms with Crippen molar-refractivity contribution in [1.29, 1.82) is 0 Å². The number of H-pyrrole nitrogens is 1. The van der Waals surface area contributed by atoms with E-state index in [0.29, 0.717) is 16.5 Å². The van der Waals surface area contributed by atoms with Crippen molar-refractivity contribution in [3.63, 3.8) is 0 Å². The van der Waals surface area contributed by atoms with Gasteiger partial charge in [-0.15, -0.1) is 0 Å². The maximum atomic E-state index is 6.20. The van der Waals surface area contributed by atoms with Gasteiger partial charge in [-0.1, -0.05) is 53.0 Å². The molecule has 0 spiro atoms. The van der Waals surface area contributed by atoms with E-state index >= 15 is 0 Å². The molecule has 0 aliphatic rings. The highest BCUT2D eigenvalue weighted by Crippen LogP contribution is 2.33. The predicted molar refractivity (Wildman–Crippen MR) is 88.3 cm³/mol. The summed E-state index contributed by atoms with van der Waals surface area (Å²) in [5.41, 5.74) is 2.72. The average molecular weight is 338 g/mol. The summed E-state index contributed by atoms with van der Waals surface area (Å²) in [7, 11) is 0. The normalized spacial score (nSPS) is 10.8. The van der Waals surface area contributed by atoms with Crippen molar-refractivity contribution in [2.75, 3.05) is 0 Å². The Morgan fingerprint density at radius 3 is 2.24 bits per heavy atom. The summed E-state index contributed by atoms with van der Waals surface area (Å²) in [5.74, 6) is 0.850. The Morgan fingerprint density at radius 2 is 1.57 bits per heavy atom. The van der Waals surface area contributed by atoms with Gasteiger partial charge in [-0.25, -0.2) is 4.98 Å².